The number of hydrogen-bond acceptors (Lipinski definition) is 6. The fraction of sp³-hybridized carbons (Fsp3) is 0.160. The maximum Gasteiger partial charge on any atom is 0.350 e. The van der Waals surface area contributed by atoms with Crippen molar-refractivity contribution in [3.8, 4) is 22.8 Å². The molecule has 0 radical (unpaired) electrons. The summed E-state index contributed by atoms with van der Waals surface area (Å²) >= 11 is 0. The summed E-state index contributed by atoms with van der Waals surface area (Å²) in [5, 5.41) is 8.34. The number of rotatable bonds is 4. The van der Waals surface area contributed by atoms with Crippen molar-refractivity contribution >= 4 is 17.2 Å². The van der Waals surface area contributed by atoms with Crippen LogP contribution < -0.4 is 10.6 Å². The van der Waals surface area contributed by atoms with Gasteiger partial charge in [-0.2, -0.15) is 4.98 Å². The lowest BCUT2D eigenvalue weighted by atomic mass is 10.0. The molecule has 1 aliphatic rings. The van der Waals surface area contributed by atoms with E-state index in [0.29, 0.717) is 17.7 Å². The molecule has 4 heterocycles. The number of fused-ring (bicyclic) bond motifs is 2. The van der Waals surface area contributed by atoms with Crippen LogP contribution in [0, 0.1) is 5.82 Å². The van der Waals surface area contributed by atoms with Crippen LogP contribution in [-0.2, 0) is 17.8 Å². The Balaban J connectivity index is 1.34. The van der Waals surface area contributed by atoms with Gasteiger partial charge in [-0.05, 0) is 48.7 Å². The summed E-state index contributed by atoms with van der Waals surface area (Å²) in [7, 11) is 0. The Labute approximate surface area is 198 Å². The highest BCUT2D eigenvalue weighted by molar-refractivity contribution is 5.94. The predicted octanol–water partition coefficient (Wildman–Crippen LogP) is 3.33. The molecule has 9 nitrogen and oxygen atoms in total. The lowest BCUT2D eigenvalue weighted by molar-refractivity contribution is -0.119. The number of anilines is 1. The number of carbonyl (C=O) groups is 1. The van der Waals surface area contributed by atoms with Gasteiger partial charge in [0.05, 0.1) is 5.56 Å². The summed E-state index contributed by atoms with van der Waals surface area (Å²) in [5.41, 5.74) is 2.69. The molecule has 0 saturated heterocycles. The van der Waals surface area contributed by atoms with E-state index in [2.05, 4.69) is 15.2 Å². The van der Waals surface area contributed by atoms with Gasteiger partial charge in [-0.15, -0.1) is 5.10 Å². The van der Waals surface area contributed by atoms with Crippen LogP contribution in [0.15, 0.2) is 76.2 Å². The SMILES string of the molecule is O=C(Cn1nc2c(-c3nc(-c4cccc(F)c4)no3)cccn2c1=O)N1CCCc2ccccc21. The maximum atomic E-state index is 13.6. The molecule has 1 amide bonds. The van der Waals surface area contributed by atoms with Gasteiger partial charge in [-0.25, -0.2) is 18.3 Å². The van der Waals surface area contributed by atoms with Gasteiger partial charge in [0.15, 0.2) is 5.65 Å². The molecule has 5 aromatic rings. The topological polar surface area (TPSA) is 98.5 Å². The number of aromatic nitrogens is 5. The van der Waals surface area contributed by atoms with Crippen LogP contribution in [0.4, 0.5) is 10.1 Å². The Morgan fingerprint density at radius 2 is 1.97 bits per heavy atom. The van der Waals surface area contributed by atoms with Crippen molar-refractivity contribution in [3.63, 3.8) is 0 Å². The fourth-order valence-corrected chi connectivity index (χ4v) is 4.39. The van der Waals surface area contributed by atoms with E-state index in [1.165, 1.54) is 16.5 Å². The molecule has 3 aromatic heterocycles. The second kappa shape index (κ2) is 8.32. The third-order valence-corrected chi connectivity index (χ3v) is 6.05. The first-order valence-corrected chi connectivity index (χ1v) is 11.1. The number of hydrogen-bond donors (Lipinski definition) is 0. The Hall–Kier alpha value is -4.60. The van der Waals surface area contributed by atoms with Crippen molar-refractivity contribution in [3.05, 3.63) is 88.7 Å². The molecule has 2 aromatic carbocycles. The van der Waals surface area contributed by atoms with Gasteiger partial charge in [0.2, 0.25) is 11.7 Å². The van der Waals surface area contributed by atoms with Crippen LogP contribution in [-0.4, -0.2) is 36.8 Å². The quantitative estimate of drug-likeness (QED) is 0.400. The van der Waals surface area contributed by atoms with Crippen LogP contribution in [0.2, 0.25) is 0 Å². The standard InChI is InChI=1S/C25H19FN6O3/c26-18-9-3-7-17(14-18)22-27-24(35-29-22)19-10-5-13-31-23(19)28-32(25(31)34)15-21(33)30-12-4-8-16-6-1-2-11-20(16)30/h1-3,5-7,9-11,13-14H,4,8,12,15H2. The first kappa shape index (κ1) is 21.0. The number of halogens is 1. The van der Waals surface area contributed by atoms with Crippen molar-refractivity contribution in [1.29, 1.82) is 0 Å². The van der Waals surface area contributed by atoms with E-state index in [-0.39, 0.29) is 29.8 Å². The monoisotopic (exact) mass is 470 g/mol. The lowest BCUT2D eigenvalue weighted by Gasteiger charge is -2.29. The van der Waals surface area contributed by atoms with E-state index < -0.39 is 11.5 Å². The summed E-state index contributed by atoms with van der Waals surface area (Å²) in [6, 6.07) is 17.0. The number of para-hydroxylation sites is 1. The maximum absolute atomic E-state index is 13.6. The Kier molecular flexibility index (Phi) is 4.98. The number of nitrogens with zero attached hydrogens (tertiary/aromatic N) is 6. The molecule has 1 aliphatic heterocycles. The van der Waals surface area contributed by atoms with Gasteiger partial charge < -0.3 is 9.42 Å². The zero-order chi connectivity index (χ0) is 23.9. The average molecular weight is 470 g/mol. The molecule has 174 valence electrons. The molecule has 0 aliphatic carbocycles. The van der Waals surface area contributed by atoms with Crippen LogP contribution in [0.1, 0.15) is 12.0 Å². The zero-order valence-electron chi connectivity index (χ0n) is 18.5. The zero-order valence-corrected chi connectivity index (χ0v) is 18.5. The van der Waals surface area contributed by atoms with Crippen molar-refractivity contribution < 1.29 is 13.7 Å². The molecular formula is C25H19FN6O3. The van der Waals surface area contributed by atoms with Gasteiger partial charge >= 0.3 is 5.69 Å². The van der Waals surface area contributed by atoms with E-state index in [1.54, 1.807) is 35.4 Å². The minimum atomic E-state index is -0.453. The normalized spacial score (nSPS) is 13.2. The molecule has 10 heteroatoms. The second-order valence-corrected chi connectivity index (χ2v) is 8.27. The molecule has 0 saturated carbocycles. The highest BCUT2D eigenvalue weighted by Gasteiger charge is 2.24. The minimum Gasteiger partial charge on any atom is -0.333 e. The molecule has 6 rings (SSSR count). The third-order valence-electron chi connectivity index (χ3n) is 6.05. The third kappa shape index (κ3) is 3.68. The highest BCUT2D eigenvalue weighted by atomic mass is 19.1. The van der Waals surface area contributed by atoms with Gasteiger partial charge in [-0.1, -0.05) is 35.5 Å². The summed E-state index contributed by atoms with van der Waals surface area (Å²) < 4.78 is 21.5. The average Bonchev–Trinajstić information content (AvgIpc) is 3.49. The molecule has 35 heavy (non-hydrogen) atoms. The minimum absolute atomic E-state index is 0.128. The highest BCUT2D eigenvalue weighted by Crippen LogP contribution is 2.27. The van der Waals surface area contributed by atoms with Gasteiger partial charge in [0.25, 0.3) is 5.89 Å². The Morgan fingerprint density at radius 3 is 2.86 bits per heavy atom. The van der Waals surface area contributed by atoms with Crippen LogP contribution in [0.3, 0.4) is 0 Å². The predicted molar refractivity (Wildman–Crippen MR) is 125 cm³/mol. The number of amides is 1. The van der Waals surface area contributed by atoms with E-state index in [1.807, 2.05) is 24.3 Å². The molecule has 0 unspecified atom stereocenters. The summed E-state index contributed by atoms with van der Waals surface area (Å²) in [5.74, 6) is -0.289. The van der Waals surface area contributed by atoms with Gasteiger partial charge in [-0.3, -0.25) is 4.79 Å². The van der Waals surface area contributed by atoms with E-state index in [0.717, 1.165) is 28.8 Å². The van der Waals surface area contributed by atoms with E-state index in [9.17, 15) is 14.0 Å². The molecule has 0 bridgehead atoms. The van der Waals surface area contributed by atoms with Crippen molar-refractivity contribution in [2.75, 3.05) is 11.4 Å². The first-order valence-electron chi connectivity index (χ1n) is 11.1. The second-order valence-electron chi connectivity index (χ2n) is 8.27. The first-order chi connectivity index (χ1) is 17.1. The van der Waals surface area contributed by atoms with Crippen molar-refractivity contribution in [1.82, 2.24) is 24.3 Å². The van der Waals surface area contributed by atoms with E-state index in [4.69, 9.17) is 4.52 Å². The molecule has 0 atom stereocenters. The Morgan fingerprint density at radius 1 is 1.09 bits per heavy atom. The summed E-state index contributed by atoms with van der Waals surface area (Å²) in [4.78, 5) is 32.2. The van der Waals surface area contributed by atoms with Crippen molar-refractivity contribution in [2.24, 2.45) is 0 Å². The largest absolute Gasteiger partial charge is 0.350 e. The number of aryl methyl sites for hydroxylation is 1. The smallest absolute Gasteiger partial charge is 0.333 e. The fourth-order valence-electron chi connectivity index (χ4n) is 4.39. The van der Waals surface area contributed by atoms with Crippen LogP contribution in [0.5, 0.6) is 0 Å². The number of carbonyl (C=O) groups excluding carboxylic acids is 1. The number of benzene rings is 2. The van der Waals surface area contributed by atoms with Gasteiger partial charge in [0.1, 0.15) is 12.4 Å². The summed E-state index contributed by atoms with van der Waals surface area (Å²) in [6.45, 7) is 0.390. The summed E-state index contributed by atoms with van der Waals surface area (Å²) in [6.07, 6.45) is 3.34. The molecule has 0 N–H and O–H groups in total. The van der Waals surface area contributed by atoms with E-state index >= 15 is 0 Å². The number of pyridine rings is 1. The molecule has 0 spiro atoms. The molecular weight excluding hydrogens is 451 g/mol. The van der Waals surface area contributed by atoms with Crippen LogP contribution >= 0.6 is 0 Å². The molecule has 0 fully saturated rings. The Bertz CT molecular complexity index is 1640. The van der Waals surface area contributed by atoms with Gasteiger partial charge in [0, 0.05) is 24.0 Å². The van der Waals surface area contributed by atoms with Crippen molar-refractivity contribution in [2.45, 2.75) is 19.4 Å². The van der Waals surface area contributed by atoms with Crippen LogP contribution in [0.25, 0.3) is 28.5 Å². The lowest BCUT2D eigenvalue weighted by Crippen LogP contribution is -2.39.